The van der Waals surface area contributed by atoms with Gasteiger partial charge >= 0.3 is 0 Å². The Morgan fingerprint density at radius 2 is 1.92 bits per heavy atom. The highest BCUT2D eigenvalue weighted by atomic mass is 32.1. The second kappa shape index (κ2) is 8.09. The van der Waals surface area contributed by atoms with E-state index < -0.39 is 0 Å². The van der Waals surface area contributed by atoms with E-state index in [0.29, 0.717) is 19.6 Å². The molecule has 130 valence electrons. The lowest BCUT2D eigenvalue weighted by molar-refractivity contribution is -0.131. The van der Waals surface area contributed by atoms with Gasteiger partial charge in [-0.15, -0.1) is 11.3 Å². The number of para-hydroxylation sites is 1. The highest BCUT2D eigenvalue weighted by Gasteiger charge is 2.13. The van der Waals surface area contributed by atoms with Gasteiger partial charge in [0.05, 0.1) is 25.0 Å². The summed E-state index contributed by atoms with van der Waals surface area (Å²) in [6.45, 7) is 1.74. The molecule has 0 saturated carbocycles. The molecule has 25 heavy (non-hydrogen) atoms. The van der Waals surface area contributed by atoms with Gasteiger partial charge in [0.15, 0.2) is 0 Å². The molecule has 0 radical (unpaired) electrons. The molecule has 5 nitrogen and oxygen atoms in total. The zero-order valence-electron chi connectivity index (χ0n) is 14.5. The summed E-state index contributed by atoms with van der Waals surface area (Å²) in [4.78, 5) is 17.3. The van der Waals surface area contributed by atoms with Crippen LogP contribution >= 0.6 is 11.3 Å². The summed E-state index contributed by atoms with van der Waals surface area (Å²) in [6, 6.07) is 14.1. The molecule has 1 aromatic carbocycles. The van der Waals surface area contributed by atoms with E-state index in [1.165, 1.54) is 4.88 Å². The molecule has 6 heteroatoms. The van der Waals surface area contributed by atoms with Gasteiger partial charge in [-0.05, 0) is 30.6 Å². The first-order valence-electron chi connectivity index (χ1n) is 8.15. The van der Waals surface area contributed by atoms with Gasteiger partial charge in [-0.25, -0.2) is 4.68 Å². The molecule has 3 aromatic rings. The summed E-state index contributed by atoms with van der Waals surface area (Å²) < 4.78 is 1.86. The fourth-order valence-corrected chi connectivity index (χ4v) is 3.36. The van der Waals surface area contributed by atoms with Crippen LogP contribution in [0.1, 0.15) is 10.4 Å². The normalized spacial score (nSPS) is 11.0. The molecule has 0 aliphatic heterocycles. The summed E-state index contributed by atoms with van der Waals surface area (Å²) in [5.41, 5.74) is 2.11. The first-order valence-corrected chi connectivity index (χ1v) is 9.03. The predicted molar refractivity (Wildman–Crippen MR) is 101 cm³/mol. The summed E-state index contributed by atoms with van der Waals surface area (Å²) in [5.74, 6) is 0.117. The highest BCUT2D eigenvalue weighted by Crippen LogP contribution is 2.12. The van der Waals surface area contributed by atoms with Crippen molar-refractivity contribution in [3.8, 4) is 5.69 Å². The maximum Gasteiger partial charge on any atom is 0.236 e. The minimum Gasteiger partial charge on any atom is -0.340 e. The Morgan fingerprint density at radius 1 is 1.12 bits per heavy atom. The molecule has 0 aliphatic rings. The molecule has 2 heterocycles. The monoisotopic (exact) mass is 354 g/mol. The van der Waals surface area contributed by atoms with Crippen molar-refractivity contribution in [1.82, 2.24) is 19.6 Å². The van der Waals surface area contributed by atoms with Gasteiger partial charge < -0.3 is 4.90 Å². The Bertz CT molecular complexity index is 798. The highest BCUT2D eigenvalue weighted by molar-refractivity contribution is 7.09. The number of hydrogen-bond acceptors (Lipinski definition) is 4. The van der Waals surface area contributed by atoms with Crippen molar-refractivity contribution >= 4 is 17.2 Å². The van der Waals surface area contributed by atoms with E-state index in [-0.39, 0.29) is 5.91 Å². The largest absolute Gasteiger partial charge is 0.340 e. The van der Waals surface area contributed by atoms with Gasteiger partial charge in [0, 0.05) is 30.2 Å². The first-order chi connectivity index (χ1) is 12.1. The van der Waals surface area contributed by atoms with Gasteiger partial charge in [-0.1, -0.05) is 24.3 Å². The molecule has 0 unspecified atom stereocenters. The van der Waals surface area contributed by atoms with E-state index in [4.69, 9.17) is 0 Å². The quantitative estimate of drug-likeness (QED) is 0.655. The number of carbonyl (C=O) groups excluding carboxylic acids is 1. The average Bonchev–Trinajstić information content (AvgIpc) is 3.27. The van der Waals surface area contributed by atoms with Gasteiger partial charge in [-0.2, -0.15) is 5.10 Å². The molecule has 0 aliphatic carbocycles. The van der Waals surface area contributed by atoms with Crippen molar-refractivity contribution in [2.75, 3.05) is 20.6 Å². The van der Waals surface area contributed by atoms with Crippen LogP contribution in [-0.4, -0.2) is 46.1 Å². The van der Waals surface area contributed by atoms with Crippen LogP contribution in [0.4, 0.5) is 0 Å². The molecule has 2 aromatic heterocycles. The van der Waals surface area contributed by atoms with Crippen molar-refractivity contribution in [3.05, 3.63) is 70.7 Å². The van der Waals surface area contributed by atoms with Gasteiger partial charge in [0.25, 0.3) is 0 Å². The number of thiophene rings is 1. The lowest BCUT2D eigenvalue weighted by atomic mass is 10.3. The number of likely N-dealkylation sites (N-methyl/N-ethyl adjacent to an activating group) is 2. The van der Waals surface area contributed by atoms with E-state index in [1.807, 2.05) is 77.8 Å². The van der Waals surface area contributed by atoms with Crippen molar-refractivity contribution in [1.29, 1.82) is 0 Å². The van der Waals surface area contributed by atoms with Crippen molar-refractivity contribution in [3.63, 3.8) is 0 Å². The fraction of sp³-hybridized carbons (Fsp3) is 0.263. The molecule has 0 fully saturated rings. The number of aromatic nitrogens is 2. The van der Waals surface area contributed by atoms with E-state index >= 15 is 0 Å². The maximum absolute atomic E-state index is 12.4. The lowest BCUT2D eigenvalue weighted by Crippen LogP contribution is -2.35. The van der Waals surface area contributed by atoms with Crippen LogP contribution < -0.4 is 0 Å². The second-order valence-electron chi connectivity index (χ2n) is 6.13. The third-order valence-electron chi connectivity index (χ3n) is 3.91. The van der Waals surface area contributed by atoms with E-state index in [2.05, 4.69) is 11.2 Å². The predicted octanol–water partition coefficient (Wildman–Crippen LogP) is 3.02. The molecular formula is C19H22N4OS. The lowest BCUT2D eigenvalue weighted by Gasteiger charge is -2.21. The Kier molecular flexibility index (Phi) is 5.63. The third-order valence-corrected chi connectivity index (χ3v) is 4.77. The van der Waals surface area contributed by atoms with E-state index in [9.17, 15) is 4.79 Å². The van der Waals surface area contributed by atoms with Crippen LogP contribution in [0.25, 0.3) is 5.69 Å². The smallest absolute Gasteiger partial charge is 0.236 e. The van der Waals surface area contributed by atoms with Crippen LogP contribution in [0.15, 0.2) is 60.2 Å². The van der Waals surface area contributed by atoms with Gasteiger partial charge in [0.2, 0.25) is 5.91 Å². The van der Waals surface area contributed by atoms with E-state index in [1.54, 1.807) is 16.2 Å². The minimum atomic E-state index is 0.117. The van der Waals surface area contributed by atoms with E-state index in [0.717, 1.165) is 11.3 Å². The van der Waals surface area contributed by atoms with Crippen LogP contribution in [0.5, 0.6) is 0 Å². The first kappa shape index (κ1) is 17.4. The van der Waals surface area contributed by atoms with Crippen LogP contribution in [0.3, 0.4) is 0 Å². The zero-order valence-corrected chi connectivity index (χ0v) is 15.3. The van der Waals surface area contributed by atoms with Crippen LogP contribution in [0, 0.1) is 0 Å². The summed E-state index contributed by atoms with van der Waals surface area (Å²) >= 11 is 1.67. The van der Waals surface area contributed by atoms with Crippen molar-refractivity contribution in [2.45, 2.75) is 13.1 Å². The SMILES string of the molecule is CN(CC(=O)N(C)Cc1cccs1)Cc1cnn(-c2ccccc2)c1. The molecule has 3 rings (SSSR count). The standard InChI is InChI=1S/C19H22N4OS/c1-21(15-19(24)22(2)14-18-9-6-10-25-18)12-16-11-20-23(13-16)17-7-4-3-5-8-17/h3-11,13H,12,14-15H2,1-2H3. The fourth-order valence-electron chi connectivity index (χ4n) is 2.61. The Balaban J connectivity index is 1.53. The second-order valence-corrected chi connectivity index (χ2v) is 7.16. The molecule has 0 spiro atoms. The summed E-state index contributed by atoms with van der Waals surface area (Å²) in [6.07, 6.45) is 3.86. The Hall–Kier alpha value is -2.44. The van der Waals surface area contributed by atoms with Gasteiger partial charge in [-0.3, -0.25) is 9.69 Å². The van der Waals surface area contributed by atoms with Crippen molar-refractivity contribution in [2.24, 2.45) is 0 Å². The number of carbonyl (C=O) groups is 1. The summed E-state index contributed by atoms with van der Waals surface area (Å²) in [5, 5.41) is 6.43. The number of rotatable bonds is 7. The minimum absolute atomic E-state index is 0.117. The third kappa shape index (κ3) is 4.78. The number of amides is 1. The zero-order chi connectivity index (χ0) is 17.6. The van der Waals surface area contributed by atoms with Crippen LogP contribution in [0.2, 0.25) is 0 Å². The number of benzene rings is 1. The Labute approximate surface area is 152 Å². The van der Waals surface area contributed by atoms with Gasteiger partial charge in [0.1, 0.15) is 0 Å². The average molecular weight is 354 g/mol. The molecule has 0 atom stereocenters. The van der Waals surface area contributed by atoms with Crippen molar-refractivity contribution < 1.29 is 4.79 Å². The Morgan fingerprint density at radius 3 is 2.64 bits per heavy atom. The topological polar surface area (TPSA) is 41.4 Å². The molecule has 1 amide bonds. The summed E-state index contributed by atoms with van der Waals surface area (Å²) in [7, 11) is 3.81. The van der Waals surface area contributed by atoms with Crippen LogP contribution in [-0.2, 0) is 17.9 Å². The molecule has 0 saturated heterocycles. The molecular weight excluding hydrogens is 332 g/mol. The molecule has 0 bridgehead atoms. The molecule has 0 N–H and O–H groups in total. The number of hydrogen-bond donors (Lipinski definition) is 0. The number of nitrogens with zero attached hydrogens (tertiary/aromatic N) is 4. The maximum atomic E-state index is 12.4.